The third-order valence-electron chi connectivity index (χ3n) is 7.67. The Balaban J connectivity index is 1.37. The Labute approximate surface area is 221 Å². The van der Waals surface area contributed by atoms with E-state index in [1.165, 1.54) is 0 Å². The monoisotopic (exact) mass is 559 g/mol. The fraction of sp³-hybridized carbons (Fsp3) is 0.654. The number of ether oxygens (including phenoxy) is 1. The second-order valence-electron chi connectivity index (χ2n) is 11.7. The molecule has 1 saturated heterocycles. The summed E-state index contributed by atoms with van der Waals surface area (Å²) in [6.07, 6.45) is -7.48. The maximum absolute atomic E-state index is 13.5. The lowest BCUT2D eigenvalue weighted by molar-refractivity contribution is -0.143. The number of fused-ring (bicyclic) bond motifs is 3. The number of hydrogen-bond acceptors (Lipinski definition) is 5. The van der Waals surface area contributed by atoms with Crippen LogP contribution in [0.15, 0.2) is 18.2 Å². The quantitative estimate of drug-likeness (QED) is 0.447. The molecule has 5 rings (SSSR count). The van der Waals surface area contributed by atoms with Crippen LogP contribution >= 0.6 is 0 Å². The first kappa shape index (κ1) is 27.6. The van der Waals surface area contributed by atoms with E-state index in [0.717, 1.165) is 25.0 Å². The van der Waals surface area contributed by atoms with Crippen LogP contribution in [0, 0.1) is 11.8 Å². The number of benzene rings is 1. The highest BCUT2D eigenvalue weighted by Gasteiger charge is 2.45. The van der Waals surface area contributed by atoms with Gasteiger partial charge in [0.15, 0.2) is 0 Å². The third-order valence-corrected chi connectivity index (χ3v) is 7.67. The van der Waals surface area contributed by atoms with Crippen molar-refractivity contribution in [3.63, 3.8) is 0 Å². The summed E-state index contributed by atoms with van der Waals surface area (Å²) in [4.78, 5) is 18.9. The lowest BCUT2D eigenvalue weighted by Crippen LogP contribution is -2.51. The zero-order chi connectivity index (χ0) is 28.3. The van der Waals surface area contributed by atoms with E-state index in [1.807, 2.05) is 20.8 Å². The minimum atomic E-state index is -4.92. The first-order chi connectivity index (χ1) is 18.1. The number of halogens is 6. The Hall–Kier alpha value is -2.99. The lowest BCUT2D eigenvalue weighted by Gasteiger charge is -2.38. The van der Waals surface area contributed by atoms with E-state index in [0.29, 0.717) is 44.2 Å². The van der Waals surface area contributed by atoms with Crippen molar-refractivity contribution in [1.82, 2.24) is 19.7 Å². The summed E-state index contributed by atoms with van der Waals surface area (Å²) in [5, 5.41) is 7.88. The number of anilines is 1. The molecule has 1 aromatic heterocycles. The predicted molar refractivity (Wildman–Crippen MR) is 129 cm³/mol. The zero-order valence-corrected chi connectivity index (χ0v) is 21.9. The summed E-state index contributed by atoms with van der Waals surface area (Å²) in [5.41, 5.74) is -3.35. The molecule has 3 heterocycles. The van der Waals surface area contributed by atoms with Crippen LogP contribution in [-0.2, 0) is 23.6 Å². The number of amides is 1. The number of piperidine rings is 1. The number of nitrogens with zero attached hydrogens (tertiary/aromatic N) is 4. The fourth-order valence-corrected chi connectivity index (χ4v) is 5.99. The van der Waals surface area contributed by atoms with Crippen molar-refractivity contribution in [2.24, 2.45) is 11.8 Å². The molecule has 7 nitrogen and oxygen atoms in total. The minimum absolute atomic E-state index is 0.00280. The van der Waals surface area contributed by atoms with Gasteiger partial charge in [-0.25, -0.2) is 9.48 Å². The van der Waals surface area contributed by atoms with E-state index in [4.69, 9.17) is 4.74 Å². The molecular weight excluding hydrogens is 528 g/mol. The largest absolute Gasteiger partial charge is 0.444 e. The number of aryl methyl sites for hydroxylation is 1. The molecule has 13 heteroatoms. The molecule has 3 aliphatic rings. The van der Waals surface area contributed by atoms with Crippen molar-refractivity contribution in [3.05, 3.63) is 40.7 Å². The molecular formula is C26H31F6N5O2. The van der Waals surface area contributed by atoms with Crippen LogP contribution in [0.3, 0.4) is 0 Å². The summed E-state index contributed by atoms with van der Waals surface area (Å²) in [5.74, 6) is 0.175. The number of alkyl halides is 6. The van der Waals surface area contributed by atoms with Gasteiger partial charge in [0.05, 0.1) is 11.1 Å². The highest BCUT2D eigenvalue weighted by molar-refractivity contribution is 5.68. The Morgan fingerprint density at radius 3 is 2.08 bits per heavy atom. The van der Waals surface area contributed by atoms with Gasteiger partial charge in [-0.2, -0.15) is 31.3 Å². The van der Waals surface area contributed by atoms with Crippen molar-refractivity contribution in [1.29, 1.82) is 0 Å². The number of carbonyl (C=O) groups is 1. The van der Waals surface area contributed by atoms with Gasteiger partial charge in [0.25, 0.3) is 0 Å². The van der Waals surface area contributed by atoms with Gasteiger partial charge in [0.1, 0.15) is 11.4 Å². The molecule has 1 amide bonds. The van der Waals surface area contributed by atoms with Crippen molar-refractivity contribution in [3.8, 4) is 0 Å². The molecule has 1 aliphatic carbocycles. The van der Waals surface area contributed by atoms with Gasteiger partial charge in [-0.15, -0.1) is 5.10 Å². The van der Waals surface area contributed by atoms with Crippen LogP contribution in [0.5, 0.6) is 0 Å². The Kier molecular flexibility index (Phi) is 6.77. The van der Waals surface area contributed by atoms with Crippen LogP contribution in [0.25, 0.3) is 0 Å². The highest BCUT2D eigenvalue weighted by atomic mass is 19.4. The molecule has 2 aromatic rings. The van der Waals surface area contributed by atoms with Crippen LogP contribution < -0.4 is 5.32 Å². The SMILES string of the molecule is CC(C)(C)OC(=O)N1C[C@H]2CC[C@@H](C1)[C@@H]2Nc1nc2n(n1)CCCC2c1cc(C(F)(F)F)cc(C(F)(F)F)c1. The van der Waals surface area contributed by atoms with Gasteiger partial charge in [0.2, 0.25) is 5.95 Å². The summed E-state index contributed by atoms with van der Waals surface area (Å²) in [6.45, 7) is 6.95. The van der Waals surface area contributed by atoms with Crippen LogP contribution in [-0.4, -0.2) is 50.5 Å². The second kappa shape index (κ2) is 9.58. The normalized spacial score (nSPS) is 25.4. The van der Waals surface area contributed by atoms with Crippen molar-refractivity contribution >= 4 is 12.0 Å². The average molecular weight is 560 g/mol. The summed E-state index contributed by atoms with van der Waals surface area (Å²) in [7, 11) is 0. The van der Waals surface area contributed by atoms with E-state index >= 15 is 0 Å². The third kappa shape index (κ3) is 5.81. The van der Waals surface area contributed by atoms with Gasteiger partial charge >= 0.3 is 18.4 Å². The van der Waals surface area contributed by atoms with Crippen LogP contribution in [0.2, 0.25) is 0 Å². The average Bonchev–Trinajstić information content (AvgIpc) is 3.32. The number of nitrogens with one attached hydrogen (secondary N) is 1. The Morgan fingerprint density at radius 1 is 0.949 bits per heavy atom. The number of rotatable bonds is 3. The van der Waals surface area contributed by atoms with E-state index in [9.17, 15) is 31.1 Å². The fourth-order valence-electron chi connectivity index (χ4n) is 5.99. The Bertz CT molecular complexity index is 1190. The molecule has 39 heavy (non-hydrogen) atoms. The number of aromatic nitrogens is 3. The van der Waals surface area contributed by atoms with Crippen molar-refractivity contribution in [2.45, 2.75) is 82.9 Å². The second-order valence-corrected chi connectivity index (χ2v) is 11.7. The topological polar surface area (TPSA) is 72.3 Å². The first-order valence-electron chi connectivity index (χ1n) is 13.1. The Morgan fingerprint density at radius 2 is 1.54 bits per heavy atom. The van der Waals surface area contributed by atoms with E-state index in [-0.39, 0.29) is 35.6 Å². The smallest absolute Gasteiger partial charge is 0.416 e. The zero-order valence-electron chi connectivity index (χ0n) is 21.9. The molecule has 2 bridgehead atoms. The molecule has 4 atom stereocenters. The lowest BCUT2D eigenvalue weighted by atomic mass is 9.88. The van der Waals surface area contributed by atoms with Gasteiger partial charge in [-0.05, 0) is 82.1 Å². The summed E-state index contributed by atoms with van der Waals surface area (Å²) >= 11 is 0. The minimum Gasteiger partial charge on any atom is -0.444 e. The molecule has 1 saturated carbocycles. The van der Waals surface area contributed by atoms with E-state index in [2.05, 4.69) is 15.4 Å². The standard InChI is InChI=1S/C26H31F6N5O2/c1-24(2,3)39-23(38)36-12-14-6-7-15(13-36)20(14)33-22-34-21-19(5-4-8-37(21)35-22)16-9-17(25(27,28)29)11-18(10-16)26(30,31)32/h9-11,14-15,19-20H,4-8,12-13H2,1-3H3,(H,33,35)/t14-,15+,19?,20-. The van der Waals surface area contributed by atoms with E-state index in [1.54, 1.807) is 9.58 Å². The molecule has 1 N–H and O–H groups in total. The molecule has 2 aliphatic heterocycles. The van der Waals surface area contributed by atoms with Crippen molar-refractivity contribution in [2.75, 3.05) is 18.4 Å². The van der Waals surface area contributed by atoms with Crippen LogP contribution in [0.4, 0.5) is 37.1 Å². The van der Waals surface area contributed by atoms with Gasteiger partial charge in [-0.3, -0.25) is 0 Å². The first-order valence-corrected chi connectivity index (χ1v) is 13.1. The molecule has 214 valence electrons. The molecule has 0 spiro atoms. The van der Waals surface area contributed by atoms with Crippen LogP contribution in [0.1, 0.15) is 74.9 Å². The maximum Gasteiger partial charge on any atom is 0.416 e. The summed E-state index contributed by atoms with van der Waals surface area (Å²) < 4.78 is 87.8. The van der Waals surface area contributed by atoms with E-state index < -0.39 is 35.0 Å². The van der Waals surface area contributed by atoms with Gasteiger partial charge in [0, 0.05) is 31.6 Å². The van der Waals surface area contributed by atoms with Crippen molar-refractivity contribution < 1.29 is 35.9 Å². The maximum atomic E-state index is 13.5. The highest BCUT2D eigenvalue weighted by Crippen LogP contribution is 2.42. The summed E-state index contributed by atoms with van der Waals surface area (Å²) in [6, 6.07) is 1.70. The number of carbonyl (C=O) groups excluding carboxylic acids is 1. The van der Waals surface area contributed by atoms with Gasteiger partial charge < -0.3 is 15.0 Å². The van der Waals surface area contributed by atoms with Gasteiger partial charge in [-0.1, -0.05) is 0 Å². The molecule has 1 unspecified atom stereocenters. The number of hydrogen-bond donors (Lipinski definition) is 1. The molecule has 0 radical (unpaired) electrons. The predicted octanol–water partition coefficient (Wildman–Crippen LogP) is 6.30. The molecule has 2 fully saturated rings. The number of likely N-dealkylation sites (tertiary alicyclic amines) is 1. The molecule has 1 aromatic carbocycles.